The van der Waals surface area contributed by atoms with Crippen molar-refractivity contribution in [2.45, 2.75) is 11.5 Å². The van der Waals surface area contributed by atoms with Crippen LogP contribution in [0.2, 0.25) is 0 Å². The van der Waals surface area contributed by atoms with E-state index in [0.29, 0.717) is 5.56 Å². The van der Waals surface area contributed by atoms with Crippen LogP contribution in [0.25, 0.3) is 0 Å². The minimum absolute atomic E-state index is 0.0968. The van der Waals surface area contributed by atoms with Crippen LogP contribution in [0.3, 0.4) is 0 Å². The molecule has 0 atom stereocenters. The topological polar surface area (TPSA) is 66.4 Å². The van der Waals surface area contributed by atoms with E-state index in [-0.39, 0.29) is 18.0 Å². The van der Waals surface area contributed by atoms with E-state index in [2.05, 4.69) is 11.3 Å². The number of aliphatic hydroxyl groups is 1. The maximum atomic E-state index is 11.6. The second-order valence-electron chi connectivity index (χ2n) is 2.94. The highest BCUT2D eigenvalue weighted by atomic mass is 32.2. The molecule has 82 valence electrons. The predicted molar refractivity (Wildman–Crippen MR) is 57.8 cm³/mol. The Labute approximate surface area is 89.3 Å². The van der Waals surface area contributed by atoms with Crippen LogP contribution in [0, 0.1) is 0 Å². The summed E-state index contributed by atoms with van der Waals surface area (Å²) in [6.07, 6.45) is 1.47. The molecule has 0 saturated heterocycles. The Morgan fingerprint density at radius 3 is 2.40 bits per heavy atom. The van der Waals surface area contributed by atoms with Gasteiger partial charge in [0, 0.05) is 6.54 Å². The summed E-state index contributed by atoms with van der Waals surface area (Å²) < 4.78 is 25.5. The first-order chi connectivity index (χ1) is 7.10. The van der Waals surface area contributed by atoms with Crippen LogP contribution in [0.1, 0.15) is 5.56 Å². The highest BCUT2D eigenvalue weighted by Crippen LogP contribution is 2.10. The fraction of sp³-hybridized carbons (Fsp3) is 0.200. The van der Waals surface area contributed by atoms with Gasteiger partial charge in [0.05, 0.1) is 11.5 Å². The highest BCUT2D eigenvalue weighted by Gasteiger charge is 2.11. The fourth-order valence-electron chi connectivity index (χ4n) is 1.03. The van der Waals surface area contributed by atoms with Crippen molar-refractivity contribution < 1.29 is 13.5 Å². The number of hydrogen-bond acceptors (Lipinski definition) is 3. The predicted octanol–water partition coefficient (Wildman–Crippen LogP) is 0.643. The normalized spacial score (nSPS) is 11.3. The molecular weight excluding hydrogens is 214 g/mol. The van der Waals surface area contributed by atoms with Gasteiger partial charge in [0.2, 0.25) is 10.0 Å². The average Bonchev–Trinajstić information content (AvgIpc) is 2.26. The summed E-state index contributed by atoms with van der Waals surface area (Å²) in [5, 5.41) is 8.79. The zero-order valence-corrected chi connectivity index (χ0v) is 9.00. The Morgan fingerprint density at radius 1 is 1.33 bits per heavy atom. The molecule has 0 unspecified atom stereocenters. The second kappa shape index (κ2) is 5.06. The van der Waals surface area contributed by atoms with E-state index in [9.17, 15) is 8.42 Å². The quantitative estimate of drug-likeness (QED) is 0.726. The molecule has 0 bridgehead atoms. The summed E-state index contributed by atoms with van der Waals surface area (Å²) in [5.74, 6) is 0. The lowest BCUT2D eigenvalue weighted by atomic mass is 10.2. The van der Waals surface area contributed by atoms with Gasteiger partial charge in [-0.25, -0.2) is 13.1 Å². The molecule has 0 spiro atoms. The van der Waals surface area contributed by atoms with Crippen molar-refractivity contribution in [2.75, 3.05) is 6.54 Å². The maximum Gasteiger partial charge on any atom is 0.240 e. The fourth-order valence-corrected chi connectivity index (χ4v) is 2.02. The summed E-state index contributed by atoms with van der Waals surface area (Å²) in [4.78, 5) is 0.182. The molecule has 0 radical (unpaired) electrons. The van der Waals surface area contributed by atoms with Gasteiger partial charge in [0.1, 0.15) is 0 Å². The van der Waals surface area contributed by atoms with E-state index in [4.69, 9.17) is 5.11 Å². The Kier molecular flexibility index (Phi) is 4.02. The third-order valence-electron chi connectivity index (χ3n) is 1.83. The SMILES string of the molecule is C=CCNS(=O)(=O)c1ccc(CO)cc1. The highest BCUT2D eigenvalue weighted by molar-refractivity contribution is 7.89. The molecule has 2 N–H and O–H groups in total. The molecule has 1 rings (SSSR count). The molecule has 0 aliphatic heterocycles. The molecular formula is C10H13NO3S. The monoisotopic (exact) mass is 227 g/mol. The van der Waals surface area contributed by atoms with Gasteiger partial charge in [0.15, 0.2) is 0 Å². The third-order valence-corrected chi connectivity index (χ3v) is 3.27. The van der Waals surface area contributed by atoms with Crippen LogP contribution in [0.4, 0.5) is 0 Å². The summed E-state index contributed by atoms with van der Waals surface area (Å²) in [6.45, 7) is 3.53. The average molecular weight is 227 g/mol. The summed E-state index contributed by atoms with van der Waals surface area (Å²) in [6, 6.07) is 6.05. The third kappa shape index (κ3) is 3.16. The second-order valence-corrected chi connectivity index (χ2v) is 4.71. The lowest BCUT2D eigenvalue weighted by Crippen LogP contribution is -2.23. The van der Waals surface area contributed by atoms with Gasteiger partial charge in [-0.2, -0.15) is 0 Å². The first kappa shape index (κ1) is 11.9. The molecule has 15 heavy (non-hydrogen) atoms. The number of sulfonamides is 1. The first-order valence-corrected chi connectivity index (χ1v) is 5.89. The number of aliphatic hydroxyl groups excluding tert-OH is 1. The van der Waals surface area contributed by atoms with Crippen molar-refractivity contribution >= 4 is 10.0 Å². The standard InChI is InChI=1S/C10H13NO3S/c1-2-7-11-15(13,14)10-5-3-9(8-12)4-6-10/h2-6,11-12H,1,7-8H2. The summed E-state index contributed by atoms with van der Waals surface area (Å²) in [7, 11) is -3.45. The molecule has 0 fully saturated rings. The van der Waals surface area contributed by atoms with Gasteiger partial charge < -0.3 is 5.11 Å². The lowest BCUT2D eigenvalue weighted by Gasteiger charge is -2.04. The molecule has 0 heterocycles. The Hall–Kier alpha value is -1.17. The van der Waals surface area contributed by atoms with Gasteiger partial charge in [-0.05, 0) is 17.7 Å². The number of nitrogens with one attached hydrogen (secondary N) is 1. The number of benzene rings is 1. The van der Waals surface area contributed by atoms with Crippen LogP contribution in [0.15, 0.2) is 41.8 Å². The van der Waals surface area contributed by atoms with Crippen molar-refractivity contribution in [1.29, 1.82) is 0 Å². The zero-order chi connectivity index (χ0) is 11.3. The first-order valence-electron chi connectivity index (χ1n) is 4.40. The molecule has 0 saturated carbocycles. The minimum Gasteiger partial charge on any atom is -0.392 e. The van der Waals surface area contributed by atoms with Crippen molar-refractivity contribution in [3.05, 3.63) is 42.5 Å². The number of rotatable bonds is 5. The molecule has 0 amide bonds. The molecule has 0 aliphatic carbocycles. The molecule has 4 nitrogen and oxygen atoms in total. The van der Waals surface area contributed by atoms with Crippen molar-refractivity contribution in [3.8, 4) is 0 Å². The van der Waals surface area contributed by atoms with Crippen molar-refractivity contribution in [3.63, 3.8) is 0 Å². The van der Waals surface area contributed by atoms with E-state index in [1.807, 2.05) is 0 Å². The smallest absolute Gasteiger partial charge is 0.240 e. The van der Waals surface area contributed by atoms with E-state index < -0.39 is 10.0 Å². The maximum absolute atomic E-state index is 11.6. The molecule has 1 aromatic carbocycles. The van der Waals surface area contributed by atoms with E-state index in [1.54, 1.807) is 12.1 Å². The number of hydrogen-bond donors (Lipinski definition) is 2. The van der Waals surface area contributed by atoms with Crippen LogP contribution in [-0.4, -0.2) is 20.1 Å². The molecule has 1 aromatic rings. The van der Waals surface area contributed by atoms with Crippen LogP contribution in [-0.2, 0) is 16.6 Å². The van der Waals surface area contributed by atoms with Crippen LogP contribution >= 0.6 is 0 Å². The Balaban J connectivity index is 2.90. The van der Waals surface area contributed by atoms with Gasteiger partial charge in [-0.1, -0.05) is 18.2 Å². The van der Waals surface area contributed by atoms with Crippen molar-refractivity contribution in [1.82, 2.24) is 4.72 Å². The Bertz CT molecular complexity index is 422. The molecule has 0 aliphatic rings. The minimum atomic E-state index is -3.45. The summed E-state index contributed by atoms with van der Waals surface area (Å²) in [5.41, 5.74) is 0.678. The lowest BCUT2D eigenvalue weighted by molar-refractivity contribution is 0.282. The van der Waals surface area contributed by atoms with E-state index in [0.717, 1.165) is 0 Å². The molecule has 0 aromatic heterocycles. The van der Waals surface area contributed by atoms with E-state index in [1.165, 1.54) is 18.2 Å². The summed E-state index contributed by atoms with van der Waals surface area (Å²) >= 11 is 0. The van der Waals surface area contributed by atoms with Gasteiger partial charge >= 0.3 is 0 Å². The van der Waals surface area contributed by atoms with E-state index >= 15 is 0 Å². The zero-order valence-electron chi connectivity index (χ0n) is 8.18. The van der Waals surface area contributed by atoms with Crippen LogP contribution < -0.4 is 4.72 Å². The Morgan fingerprint density at radius 2 is 1.93 bits per heavy atom. The van der Waals surface area contributed by atoms with Gasteiger partial charge in [-0.3, -0.25) is 0 Å². The van der Waals surface area contributed by atoms with Crippen LogP contribution in [0.5, 0.6) is 0 Å². The largest absolute Gasteiger partial charge is 0.392 e. The van der Waals surface area contributed by atoms with Crippen molar-refractivity contribution in [2.24, 2.45) is 0 Å². The van der Waals surface area contributed by atoms with Gasteiger partial charge in [-0.15, -0.1) is 6.58 Å². The molecule has 5 heteroatoms. The van der Waals surface area contributed by atoms with Gasteiger partial charge in [0.25, 0.3) is 0 Å².